The third-order valence-corrected chi connectivity index (χ3v) is 3.41. The number of nitrogens with two attached hydrogens (primary N) is 1. The van der Waals surface area contributed by atoms with E-state index in [2.05, 4.69) is 10.5 Å². The van der Waals surface area contributed by atoms with Crippen molar-refractivity contribution in [3.05, 3.63) is 48.5 Å². The highest BCUT2D eigenvalue weighted by atomic mass is 16.7. The number of oxime groups is 1. The number of hydrogen-bond donors (Lipinski definition) is 2. The van der Waals surface area contributed by atoms with Gasteiger partial charge in [-0.1, -0.05) is 17.3 Å². The number of anilines is 1. The molecule has 1 atom stereocenters. The molecule has 8 heteroatoms. The number of methoxy groups -OCH3 is 1. The van der Waals surface area contributed by atoms with E-state index in [0.717, 1.165) is 0 Å². The number of benzene rings is 2. The number of fused-ring (bicyclic) bond motifs is 1. The lowest BCUT2D eigenvalue weighted by Gasteiger charge is -2.25. The maximum absolute atomic E-state index is 11.8. The van der Waals surface area contributed by atoms with Crippen LogP contribution in [0.25, 0.3) is 0 Å². The van der Waals surface area contributed by atoms with E-state index in [-0.39, 0.29) is 12.4 Å². The second-order valence-electron chi connectivity index (χ2n) is 5.11. The van der Waals surface area contributed by atoms with Crippen molar-refractivity contribution in [2.75, 3.05) is 19.0 Å². The summed E-state index contributed by atoms with van der Waals surface area (Å²) < 4.78 is 16.2. The van der Waals surface area contributed by atoms with Crippen LogP contribution in [0.1, 0.15) is 0 Å². The van der Waals surface area contributed by atoms with Crippen LogP contribution in [0.2, 0.25) is 0 Å². The maximum atomic E-state index is 11.8. The number of ether oxygens (including phenoxy) is 3. The second kappa shape index (κ2) is 7.43. The first-order valence-electron chi connectivity index (χ1n) is 7.49. The summed E-state index contributed by atoms with van der Waals surface area (Å²) in [4.78, 5) is 16.5. The number of carbonyl (C=O) groups is 1. The topological polar surface area (TPSA) is 104 Å². The lowest BCUT2D eigenvalue weighted by molar-refractivity contribution is 0.127. The van der Waals surface area contributed by atoms with Gasteiger partial charge in [-0.3, -0.25) is 10.2 Å². The van der Waals surface area contributed by atoms with Gasteiger partial charge in [-0.15, -0.1) is 0 Å². The molecule has 0 unspecified atom stereocenters. The van der Waals surface area contributed by atoms with E-state index in [1.165, 1.54) is 0 Å². The Morgan fingerprint density at radius 2 is 1.92 bits per heavy atom. The summed E-state index contributed by atoms with van der Waals surface area (Å²) in [5, 5.41) is 6.12. The highest BCUT2D eigenvalue weighted by molar-refractivity contribution is 5.88. The Balaban J connectivity index is 1.55. The number of rotatable bonds is 4. The Bertz CT molecular complexity index is 776. The molecule has 0 fully saturated rings. The fourth-order valence-corrected chi connectivity index (χ4v) is 2.13. The molecule has 3 rings (SSSR count). The first kappa shape index (κ1) is 16.4. The molecule has 2 aromatic rings. The molecule has 130 valence electrons. The Labute approximate surface area is 144 Å². The number of carbonyl (C=O) groups excluding carboxylic acids is 1. The SMILES string of the molecule is COc1ccc(NC(=O)O/N=C(\N)[C@@H]2COc3ccccc3O2)cc1. The minimum absolute atomic E-state index is 0.000570. The predicted octanol–water partition coefficient (Wildman–Crippen LogP) is 2.36. The quantitative estimate of drug-likeness (QED) is 0.382. The molecule has 0 spiro atoms. The minimum Gasteiger partial charge on any atom is -0.497 e. The monoisotopic (exact) mass is 343 g/mol. The molecule has 3 N–H and O–H groups in total. The second-order valence-corrected chi connectivity index (χ2v) is 5.11. The number of para-hydroxylation sites is 2. The summed E-state index contributed by atoms with van der Waals surface area (Å²) in [6, 6.07) is 14.0. The predicted molar refractivity (Wildman–Crippen MR) is 91.1 cm³/mol. The summed E-state index contributed by atoms with van der Waals surface area (Å²) in [7, 11) is 1.56. The molecule has 0 radical (unpaired) electrons. The van der Waals surface area contributed by atoms with Gasteiger partial charge in [-0.05, 0) is 36.4 Å². The van der Waals surface area contributed by atoms with Crippen LogP contribution in [-0.4, -0.2) is 31.7 Å². The summed E-state index contributed by atoms with van der Waals surface area (Å²) in [6.07, 6.45) is -1.41. The van der Waals surface area contributed by atoms with E-state index in [1.807, 2.05) is 12.1 Å². The molecule has 1 heterocycles. The number of amides is 1. The highest BCUT2D eigenvalue weighted by Crippen LogP contribution is 2.30. The lowest BCUT2D eigenvalue weighted by Crippen LogP contribution is -2.41. The summed E-state index contributed by atoms with van der Waals surface area (Å²) >= 11 is 0. The number of nitrogens with one attached hydrogen (secondary N) is 1. The van der Waals surface area contributed by atoms with Crippen molar-refractivity contribution in [3.63, 3.8) is 0 Å². The molecule has 0 saturated carbocycles. The molecule has 1 aliphatic rings. The van der Waals surface area contributed by atoms with Crippen LogP contribution in [0.5, 0.6) is 17.2 Å². The van der Waals surface area contributed by atoms with E-state index in [4.69, 9.17) is 24.8 Å². The highest BCUT2D eigenvalue weighted by Gasteiger charge is 2.24. The van der Waals surface area contributed by atoms with E-state index < -0.39 is 12.2 Å². The Morgan fingerprint density at radius 3 is 2.64 bits per heavy atom. The van der Waals surface area contributed by atoms with Crippen molar-refractivity contribution < 1.29 is 23.8 Å². The first-order chi connectivity index (χ1) is 12.2. The van der Waals surface area contributed by atoms with E-state index in [1.54, 1.807) is 43.5 Å². The molecule has 0 aromatic heterocycles. The van der Waals surface area contributed by atoms with Gasteiger partial charge in [0.1, 0.15) is 12.4 Å². The van der Waals surface area contributed by atoms with Crippen molar-refractivity contribution in [2.45, 2.75) is 6.10 Å². The molecule has 0 aliphatic carbocycles. The lowest BCUT2D eigenvalue weighted by atomic mass is 10.2. The standard InChI is InChI=1S/C17H17N3O5/c1-22-12-8-6-11(7-9-12)19-17(21)25-20-16(18)15-10-23-13-4-2-3-5-14(13)24-15/h2-9,15H,10H2,1H3,(H2,18,20)(H,19,21)/t15-/m0/s1. The van der Waals surface area contributed by atoms with Gasteiger partial charge in [0.15, 0.2) is 23.4 Å². The van der Waals surface area contributed by atoms with Crippen molar-refractivity contribution >= 4 is 17.6 Å². The van der Waals surface area contributed by atoms with Crippen molar-refractivity contribution in [1.29, 1.82) is 0 Å². The van der Waals surface area contributed by atoms with Gasteiger partial charge in [-0.25, -0.2) is 4.79 Å². The Morgan fingerprint density at radius 1 is 1.20 bits per heavy atom. The summed E-state index contributed by atoms with van der Waals surface area (Å²) in [5.74, 6) is 1.86. The maximum Gasteiger partial charge on any atom is 0.437 e. The molecule has 1 aliphatic heterocycles. The van der Waals surface area contributed by atoms with E-state index in [9.17, 15) is 4.79 Å². The minimum atomic E-state index is -0.773. The smallest absolute Gasteiger partial charge is 0.437 e. The zero-order valence-electron chi connectivity index (χ0n) is 13.5. The van der Waals surface area contributed by atoms with Crippen LogP contribution in [-0.2, 0) is 4.84 Å². The summed E-state index contributed by atoms with van der Waals surface area (Å²) in [5.41, 5.74) is 6.34. The fraction of sp³-hybridized carbons (Fsp3) is 0.176. The van der Waals surface area contributed by atoms with Gasteiger partial charge in [0.25, 0.3) is 0 Å². The average Bonchev–Trinajstić information content (AvgIpc) is 2.66. The normalized spacial score (nSPS) is 16.0. The Hall–Kier alpha value is -3.42. The van der Waals surface area contributed by atoms with Crippen molar-refractivity contribution in [2.24, 2.45) is 10.9 Å². The average molecular weight is 343 g/mol. The van der Waals surface area contributed by atoms with Crippen molar-refractivity contribution in [3.8, 4) is 17.2 Å². The number of hydrogen-bond acceptors (Lipinski definition) is 6. The molecular weight excluding hydrogens is 326 g/mol. The van der Waals surface area contributed by atoms with E-state index in [0.29, 0.717) is 22.9 Å². The molecule has 8 nitrogen and oxygen atoms in total. The van der Waals surface area contributed by atoms with Crippen molar-refractivity contribution in [1.82, 2.24) is 0 Å². The molecular formula is C17H17N3O5. The van der Waals surface area contributed by atoms with Gasteiger partial charge >= 0.3 is 6.09 Å². The fourth-order valence-electron chi connectivity index (χ4n) is 2.13. The zero-order chi connectivity index (χ0) is 17.6. The third-order valence-electron chi connectivity index (χ3n) is 3.41. The van der Waals surface area contributed by atoms with Gasteiger partial charge in [0, 0.05) is 5.69 Å². The van der Waals surface area contributed by atoms with Gasteiger partial charge in [0.05, 0.1) is 7.11 Å². The molecule has 0 bridgehead atoms. The zero-order valence-corrected chi connectivity index (χ0v) is 13.5. The van der Waals surface area contributed by atoms with Crippen LogP contribution in [0.3, 0.4) is 0 Å². The summed E-state index contributed by atoms with van der Waals surface area (Å²) in [6.45, 7) is 0.176. The number of amidine groups is 1. The van der Waals surface area contributed by atoms with Gasteiger partial charge in [-0.2, -0.15) is 0 Å². The van der Waals surface area contributed by atoms with Gasteiger partial charge in [0.2, 0.25) is 0 Å². The largest absolute Gasteiger partial charge is 0.497 e. The third kappa shape index (κ3) is 4.11. The Kier molecular flexibility index (Phi) is 4.89. The molecule has 25 heavy (non-hydrogen) atoms. The van der Waals surface area contributed by atoms with E-state index >= 15 is 0 Å². The van der Waals surface area contributed by atoms with Gasteiger partial charge < -0.3 is 19.9 Å². The molecule has 2 aromatic carbocycles. The molecule has 1 amide bonds. The first-order valence-corrected chi connectivity index (χ1v) is 7.49. The van der Waals surface area contributed by atoms with Crippen LogP contribution in [0.4, 0.5) is 10.5 Å². The van der Waals surface area contributed by atoms with Crippen LogP contribution >= 0.6 is 0 Å². The van der Waals surface area contributed by atoms with Crippen LogP contribution in [0.15, 0.2) is 53.7 Å². The number of nitrogens with zero attached hydrogens (tertiary/aromatic N) is 1. The molecule has 0 saturated heterocycles. The van der Waals surface area contributed by atoms with Crippen LogP contribution in [0, 0.1) is 0 Å². The van der Waals surface area contributed by atoms with Crippen LogP contribution < -0.4 is 25.3 Å².